The van der Waals surface area contributed by atoms with Gasteiger partial charge in [-0.05, 0) is 46.3 Å². The highest BCUT2D eigenvalue weighted by Crippen LogP contribution is 2.44. The zero-order valence-corrected chi connectivity index (χ0v) is 17.5. The van der Waals surface area contributed by atoms with E-state index in [0.717, 1.165) is 23.2 Å². The maximum atomic E-state index is 11.4. The Bertz CT molecular complexity index is 1300. The molecule has 0 bridgehead atoms. The largest absolute Gasteiger partial charge is 0.493 e. The summed E-state index contributed by atoms with van der Waals surface area (Å²) in [7, 11) is 1.43. The molecule has 0 fully saturated rings. The van der Waals surface area contributed by atoms with E-state index in [1.165, 1.54) is 13.2 Å². The van der Waals surface area contributed by atoms with E-state index in [2.05, 4.69) is 25.9 Å². The lowest BCUT2D eigenvalue weighted by molar-refractivity contribution is -0.394. The number of para-hydroxylation sites is 2. The Balaban J connectivity index is 1.76. The fourth-order valence-corrected chi connectivity index (χ4v) is 3.53. The quantitative estimate of drug-likeness (QED) is 0.277. The molecule has 0 aliphatic heterocycles. The number of methoxy groups -OCH3 is 1. The van der Waals surface area contributed by atoms with Crippen LogP contribution in [0.25, 0.3) is 22.4 Å². The van der Waals surface area contributed by atoms with Crippen LogP contribution in [0.4, 0.5) is 11.4 Å². The predicted molar refractivity (Wildman–Crippen MR) is 116 cm³/mol. The van der Waals surface area contributed by atoms with E-state index in [1.807, 2.05) is 24.3 Å². The van der Waals surface area contributed by atoms with Gasteiger partial charge in [0, 0.05) is 11.6 Å². The third-order valence-electron chi connectivity index (χ3n) is 4.45. The smallest absolute Gasteiger partial charge is 0.318 e. The molecule has 3 aromatic carbocycles. The second kappa shape index (κ2) is 8.03. The Morgan fingerprint density at radius 3 is 2.45 bits per heavy atom. The minimum Gasteiger partial charge on any atom is -0.493 e. The molecular formula is C20H13BrN4O6. The van der Waals surface area contributed by atoms with Crippen molar-refractivity contribution in [2.24, 2.45) is 0 Å². The number of halogens is 1. The SMILES string of the molecule is COc1cc(-c2nc3ccccc3[nH]2)cc(Br)c1Oc1ccc([N+](=O)[O-])cc1[N+](=O)[O-]. The predicted octanol–water partition coefficient (Wildman–Crippen LogP) is 5.61. The summed E-state index contributed by atoms with van der Waals surface area (Å²) in [4.78, 5) is 28.7. The first-order valence-electron chi connectivity index (χ1n) is 8.80. The number of ether oxygens (including phenoxy) is 2. The van der Waals surface area contributed by atoms with Crippen molar-refractivity contribution in [2.45, 2.75) is 0 Å². The maximum Gasteiger partial charge on any atom is 0.318 e. The molecule has 1 N–H and O–H groups in total. The van der Waals surface area contributed by atoms with Crippen LogP contribution in [0, 0.1) is 20.2 Å². The van der Waals surface area contributed by atoms with Gasteiger partial charge in [-0.3, -0.25) is 20.2 Å². The van der Waals surface area contributed by atoms with Crippen LogP contribution >= 0.6 is 15.9 Å². The van der Waals surface area contributed by atoms with Crippen molar-refractivity contribution in [2.75, 3.05) is 7.11 Å². The van der Waals surface area contributed by atoms with Gasteiger partial charge in [-0.15, -0.1) is 0 Å². The van der Waals surface area contributed by atoms with E-state index in [-0.39, 0.29) is 17.2 Å². The highest BCUT2D eigenvalue weighted by atomic mass is 79.9. The van der Waals surface area contributed by atoms with Gasteiger partial charge in [0.25, 0.3) is 5.69 Å². The van der Waals surface area contributed by atoms with Crippen LogP contribution in [0.2, 0.25) is 0 Å². The van der Waals surface area contributed by atoms with Crippen molar-refractivity contribution in [1.82, 2.24) is 9.97 Å². The zero-order chi connectivity index (χ0) is 22.1. The number of nitro groups is 2. The third kappa shape index (κ3) is 3.90. The molecule has 4 rings (SSSR count). The maximum absolute atomic E-state index is 11.4. The van der Waals surface area contributed by atoms with Crippen molar-refractivity contribution < 1.29 is 19.3 Å². The number of hydrogen-bond acceptors (Lipinski definition) is 7. The molecule has 0 aliphatic carbocycles. The number of nitrogens with zero attached hydrogens (tertiary/aromatic N) is 3. The highest BCUT2D eigenvalue weighted by Gasteiger charge is 2.24. The van der Waals surface area contributed by atoms with Crippen LogP contribution in [-0.4, -0.2) is 26.9 Å². The number of nitro benzene ring substituents is 2. The number of aromatic nitrogens is 2. The molecular weight excluding hydrogens is 472 g/mol. The molecule has 0 radical (unpaired) electrons. The van der Waals surface area contributed by atoms with Gasteiger partial charge in [-0.25, -0.2) is 4.98 Å². The number of non-ortho nitro benzene ring substituents is 1. The van der Waals surface area contributed by atoms with E-state index in [9.17, 15) is 20.2 Å². The molecule has 0 atom stereocenters. The van der Waals surface area contributed by atoms with Crippen molar-refractivity contribution in [3.63, 3.8) is 0 Å². The summed E-state index contributed by atoms with van der Waals surface area (Å²) in [5, 5.41) is 22.3. The van der Waals surface area contributed by atoms with Gasteiger partial charge in [0.1, 0.15) is 5.82 Å². The molecule has 0 saturated heterocycles. The molecule has 1 aromatic heterocycles. The molecule has 0 saturated carbocycles. The average molecular weight is 485 g/mol. The summed E-state index contributed by atoms with van der Waals surface area (Å²) in [5.74, 6) is 0.913. The minimum atomic E-state index is -0.745. The van der Waals surface area contributed by atoms with Gasteiger partial charge in [0.05, 0.1) is 38.5 Å². The molecule has 10 nitrogen and oxygen atoms in total. The van der Waals surface area contributed by atoms with E-state index < -0.39 is 21.2 Å². The van der Waals surface area contributed by atoms with Crippen molar-refractivity contribution in [3.05, 3.63) is 79.3 Å². The third-order valence-corrected chi connectivity index (χ3v) is 5.04. The summed E-state index contributed by atoms with van der Waals surface area (Å²) in [6.45, 7) is 0. The Labute approximate surface area is 182 Å². The molecule has 0 amide bonds. The zero-order valence-electron chi connectivity index (χ0n) is 15.9. The van der Waals surface area contributed by atoms with Crippen LogP contribution in [0.5, 0.6) is 17.2 Å². The Hall–Kier alpha value is -3.99. The molecule has 0 aliphatic rings. The van der Waals surface area contributed by atoms with Gasteiger partial charge in [-0.2, -0.15) is 0 Å². The Kier molecular flexibility index (Phi) is 5.26. The molecule has 0 unspecified atom stereocenters. The topological polar surface area (TPSA) is 133 Å². The lowest BCUT2D eigenvalue weighted by Gasteiger charge is -2.13. The van der Waals surface area contributed by atoms with Gasteiger partial charge in [-0.1, -0.05) is 12.1 Å². The summed E-state index contributed by atoms with van der Waals surface area (Å²) in [5.41, 5.74) is 1.42. The van der Waals surface area contributed by atoms with Crippen LogP contribution < -0.4 is 9.47 Å². The van der Waals surface area contributed by atoms with Crippen LogP contribution in [0.3, 0.4) is 0 Å². The lowest BCUT2D eigenvalue weighted by atomic mass is 10.2. The summed E-state index contributed by atoms with van der Waals surface area (Å²) in [6, 6.07) is 14.1. The number of H-pyrrole nitrogens is 1. The second-order valence-electron chi connectivity index (χ2n) is 6.36. The first-order chi connectivity index (χ1) is 14.9. The van der Waals surface area contributed by atoms with Crippen molar-refractivity contribution in [1.29, 1.82) is 0 Å². The van der Waals surface area contributed by atoms with E-state index in [0.29, 0.717) is 15.9 Å². The van der Waals surface area contributed by atoms with Gasteiger partial charge < -0.3 is 14.5 Å². The number of rotatable bonds is 6. The van der Waals surface area contributed by atoms with Gasteiger partial charge in [0.15, 0.2) is 11.5 Å². The van der Waals surface area contributed by atoms with Crippen LogP contribution in [0.15, 0.2) is 59.1 Å². The number of nitrogens with one attached hydrogen (secondary N) is 1. The lowest BCUT2D eigenvalue weighted by Crippen LogP contribution is -1.98. The first kappa shape index (κ1) is 20.3. The number of benzene rings is 3. The van der Waals surface area contributed by atoms with E-state index >= 15 is 0 Å². The summed E-state index contributed by atoms with van der Waals surface area (Å²) < 4.78 is 11.6. The Morgan fingerprint density at radius 1 is 1.00 bits per heavy atom. The average Bonchev–Trinajstić information content (AvgIpc) is 3.19. The van der Waals surface area contributed by atoms with Crippen molar-refractivity contribution in [3.8, 4) is 28.6 Å². The van der Waals surface area contributed by atoms with E-state index in [4.69, 9.17) is 9.47 Å². The second-order valence-corrected chi connectivity index (χ2v) is 7.21. The highest BCUT2D eigenvalue weighted by molar-refractivity contribution is 9.10. The molecule has 11 heteroatoms. The van der Waals surface area contributed by atoms with Crippen LogP contribution in [-0.2, 0) is 0 Å². The normalized spacial score (nSPS) is 10.8. The minimum absolute atomic E-state index is 0.161. The fourth-order valence-electron chi connectivity index (χ4n) is 3.00. The summed E-state index contributed by atoms with van der Waals surface area (Å²) in [6.07, 6.45) is 0. The summed E-state index contributed by atoms with van der Waals surface area (Å²) >= 11 is 3.41. The number of hydrogen-bond donors (Lipinski definition) is 1. The number of imidazole rings is 1. The van der Waals surface area contributed by atoms with E-state index in [1.54, 1.807) is 12.1 Å². The molecule has 0 spiro atoms. The van der Waals surface area contributed by atoms with Crippen molar-refractivity contribution >= 4 is 38.3 Å². The molecule has 4 aromatic rings. The first-order valence-corrected chi connectivity index (χ1v) is 9.60. The standard InChI is InChI=1S/C20H13BrN4O6/c1-30-18-9-11(20-22-14-4-2-3-5-15(14)23-20)8-13(21)19(18)31-17-7-6-12(24(26)27)10-16(17)25(28)29/h2-10H,1H3,(H,22,23). The number of fused-ring (bicyclic) bond motifs is 1. The Morgan fingerprint density at radius 2 is 1.77 bits per heavy atom. The monoisotopic (exact) mass is 484 g/mol. The van der Waals surface area contributed by atoms with Gasteiger partial charge >= 0.3 is 5.69 Å². The molecule has 1 heterocycles. The van der Waals surface area contributed by atoms with Crippen LogP contribution in [0.1, 0.15) is 0 Å². The number of aromatic amines is 1. The van der Waals surface area contributed by atoms with Gasteiger partial charge in [0.2, 0.25) is 5.75 Å². The molecule has 31 heavy (non-hydrogen) atoms. The molecule has 156 valence electrons. The fraction of sp³-hybridized carbons (Fsp3) is 0.0500.